The summed E-state index contributed by atoms with van der Waals surface area (Å²) in [6.45, 7) is -0.0535. The number of carbonyl (C=O) groups is 2. The fraction of sp³-hybridized carbons (Fsp3) is 0.529. The normalized spacial score (nSPS) is 21.8. The second-order valence-corrected chi connectivity index (χ2v) is 6.99. The van der Waals surface area contributed by atoms with Gasteiger partial charge in [0.05, 0.1) is 17.2 Å². The van der Waals surface area contributed by atoms with Gasteiger partial charge in [-0.1, -0.05) is 24.4 Å². The predicted octanol–water partition coefficient (Wildman–Crippen LogP) is 3.77. The van der Waals surface area contributed by atoms with E-state index in [9.17, 15) is 22.8 Å². The molecule has 1 aromatic carbocycles. The van der Waals surface area contributed by atoms with E-state index >= 15 is 0 Å². The molecule has 8 heteroatoms. The molecule has 0 aromatic heterocycles. The number of halogens is 4. The zero-order valence-corrected chi connectivity index (χ0v) is 14.2. The first kappa shape index (κ1) is 18.0. The maximum atomic E-state index is 13.3. The molecule has 3 rings (SSSR count). The summed E-state index contributed by atoms with van der Waals surface area (Å²) in [6, 6.07) is 3.40. The van der Waals surface area contributed by atoms with Crippen LogP contribution in [0.4, 0.5) is 18.9 Å². The number of anilines is 1. The van der Waals surface area contributed by atoms with Gasteiger partial charge in [0.15, 0.2) is 0 Å². The summed E-state index contributed by atoms with van der Waals surface area (Å²) in [4.78, 5) is 25.6. The maximum Gasteiger partial charge on any atom is 0.418 e. The number of amides is 2. The van der Waals surface area contributed by atoms with Gasteiger partial charge in [0.25, 0.3) is 0 Å². The third kappa shape index (κ3) is 3.92. The quantitative estimate of drug-likeness (QED) is 0.875. The number of nitrogens with zero attached hydrogens (tertiary/aromatic N) is 1. The Labute approximate surface area is 148 Å². The van der Waals surface area contributed by atoms with Crippen LogP contribution in [0.5, 0.6) is 0 Å². The standard InChI is InChI=1S/C17H18ClF3N2O2/c18-11-5-6-14(13(8-11)17(19,20)21)23-9-10(7-15(23)24)16(25)22-12-3-1-2-4-12/h5-6,8,10,12H,1-4,7,9H2,(H,22,25). The molecule has 1 aromatic rings. The molecule has 1 atom stereocenters. The minimum absolute atomic E-state index is 0.0535. The van der Waals surface area contributed by atoms with Crippen LogP contribution in [-0.4, -0.2) is 24.4 Å². The van der Waals surface area contributed by atoms with E-state index in [4.69, 9.17) is 11.6 Å². The minimum atomic E-state index is -4.63. The van der Waals surface area contributed by atoms with E-state index in [1.807, 2.05) is 0 Å². The molecular formula is C17H18ClF3N2O2. The highest BCUT2D eigenvalue weighted by Gasteiger charge is 2.41. The fourth-order valence-corrected chi connectivity index (χ4v) is 3.65. The monoisotopic (exact) mass is 374 g/mol. The number of rotatable bonds is 3. The molecule has 4 nitrogen and oxygen atoms in total. The molecule has 1 saturated carbocycles. The van der Waals surface area contributed by atoms with Gasteiger partial charge in [-0.15, -0.1) is 0 Å². The molecule has 1 aliphatic carbocycles. The van der Waals surface area contributed by atoms with E-state index < -0.39 is 23.6 Å². The number of benzene rings is 1. The lowest BCUT2D eigenvalue weighted by molar-refractivity contribution is -0.137. The topological polar surface area (TPSA) is 49.4 Å². The molecule has 1 N–H and O–H groups in total. The smallest absolute Gasteiger partial charge is 0.353 e. The first-order valence-electron chi connectivity index (χ1n) is 8.23. The van der Waals surface area contributed by atoms with Crippen molar-refractivity contribution in [2.45, 2.75) is 44.3 Å². The number of alkyl halides is 3. The van der Waals surface area contributed by atoms with E-state index in [1.54, 1.807) is 0 Å². The Hall–Kier alpha value is -1.76. The number of hydrogen-bond donors (Lipinski definition) is 1. The second-order valence-electron chi connectivity index (χ2n) is 6.55. The van der Waals surface area contributed by atoms with Crippen molar-refractivity contribution in [3.8, 4) is 0 Å². The number of nitrogens with one attached hydrogen (secondary N) is 1. The minimum Gasteiger partial charge on any atom is -0.353 e. The van der Waals surface area contributed by atoms with Crippen LogP contribution in [0, 0.1) is 5.92 Å². The van der Waals surface area contributed by atoms with E-state index in [0.29, 0.717) is 0 Å². The molecule has 1 heterocycles. The van der Waals surface area contributed by atoms with Crippen LogP contribution in [0.25, 0.3) is 0 Å². The zero-order valence-electron chi connectivity index (χ0n) is 13.4. The molecule has 136 valence electrons. The predicted molar refractivity (Wildman–Crippen MR) is 87.3 cm³/mol. The Morgan fingerprint density at radius 2 is 1.92 bits per heavy atom. The van der Waals surface area contributed by atoms with Crippen LogP contribution in [0.2, 0.25) is 5.02 Å². The van der Waals surface area contributed by atoms with Gasteiger partial charge in [-0.2, -0.15) is 13.2 Å². The largest absolute Gasteiger partial charge is 0.418 e. The Kier molecular flexibility index (Phi) is 4.95. The van der Waals surface area contributed by atoms with Crippen molar-refractivity contribution in [3.63, 3.8) is 0 Å². The molecule has 25 heavy (non-hydrogen) atoms. The van der Waals surface area contributed by atoms with Crippen LogP contribution < -0.4 is 10.2 Å². The van der Waals surface area contributed by atoms with Gasteiger partial charge >= 0.3 is 6.18 Å². The summed E-state index contributed by atoms with van der Waals surface area (Å²) in [5.41, 5.74) is -1.22. The Bertz CT molecular complexity index is 687. The molecule has 2 amide bonds. The lowest BCUT2D eigenvalue weighted by Gasteiger charge is -2.22. The highest BCUT2D eigenvalue weighted by molar-refractivity contribution is 6.30. The third-order valence-corrected chi connectivity index (χ3v) is 4.99. The summed E-state index contributed by atoms with van der Waals surface area (Å²) in [7, 11) is 0. The average Bonchev–Trinajstić information content (AvgIpc) is 3.16. The van der Waals surface area contributed by atoms with Crippen molar-refractivity contribution >= 4 is 29.1 Å². The molecule has 1 saturated heterocycles. The lowest BCUT2D eigenvalue weighted by Crippen LogP contribution is -2.38. The van der Waals surface area contributed by atoms with Gasteiger partial charge in [0.2, 0.25) is 11.8 Å². The third-order valence-electron chi connectivity index (χ3n) is 4.75. The van der Waals surface area contributed by atoms with Crippen molar-refractivity contribution in [1.29, 1.82) is 0 Å². The first-order valence-corrected chi connectivity index (χ1v) is 8.61. The van der Waals surface area contributed by atoms with Crippen LogP contribution >= 0.6 is 11.6 Å². The van der Waals surface area contributed by atoms with E-state index in [1.165, 1.54) is 12.1 Å². The van der Waals surface area contributed by atoms with Gasteiger partial charge in [-0.25, -0.2) is 0 Å². The number of hydrogen-bond acceptors (Lipinski definition) is 2. The Morgan fingerprint density at radius 3 is 2.56 bits per heavy atom. The van der Waals surface area contributed by atoms with Crippen molar-refractivity contribution in [1.82, 2.24) is 5.32 Å². The van der Waals surface area contributed by atoms with Crippen molar-refractivity contribution in [3.05, 3.63) is 28.8 Å². The molecule has 0 bridgehead atoms. The van der Waals surface area contributed by atoms with Crippen molar-refractivity contribution in [2.24, 2.45) is 5.92 Å². The number of carbonyl (C=O) groups excluding carboxylic acids is 2. The highest BCUT2D eigenvalue weighted by Crippen LogP contribution is 2.40. The second kappa shape index (κ2) is 6.86. The molecule has 2 fully saturated rings. The summed E-state index contributed by atoms with van der Waals surface area (Å²) in [5, 5.41) is 2.85. The molecule has 1 aliphatic heterocycles. The van der Waals surface area contributed by atoms with Crippen molar-refractivity contribution in [2.75, 3.05) is 11.4 Å². The summed E-state index contributed by atoms with van der Waals surface area (Å²) < 4.78 is 39.8. The van der Waals surface area contributed by atoms with Crippen LogP contribution in [-0.2, 0) is 15.8 Å². The van der Waals surface area contributed by atoms with Gasteiger partial charge < -0.3 is 10.2 Å². The van der Waals surface area contributed by atoms with Crippen LogP contribution in [0.1, 0.15) is 37.7 Å². The molecule has 1 unspecified atom stereocenters. The molecular weight excluding hydrogens is 357 g/mol. The van der Waals surface area contributed by atoms with Gasteiger partial charge in [0.1, 0.15) is 0 Å². The van der Waals surface area contributed by atoms with Crippen LogP contribution in [0.15, 0.2) is 18.2 Å². The molecule has 0 radical (unpaired) electrons. The van der Waals surface area contributed by atoms with Gasteiger partial charge in [-0.05, 0) is 31.0 Å². The highest BCUT2D eigenvalue weighted by atomic mass is 35.5. The Balaban J connectivity index is 1.78. The van der Waals surface area contributed by atoms with E-state index in [0.717, 1.165) is 36.6 Å². The average molecular weight is 375 g/mol. The summed E-state index contributed by atoms with van der Waals surface area (Å²) >= 11 is 5.67. The molecule has 2 aliphatic rings. The van der Waals surface area contributed by atoms with Gasteiger partial charge in [0, 0.05) is 24.0 Å². The SMILES string of the molecule is O=C(NC1CCCC1)C1CC(=O)N(c2ccc(Cl)cc2C(F)(F)F)C1. The summed E-state index contributed by atoms with van der Waals surface area (Å²) in [5.74, 6) is -1.38. The maximum absolute atomic E-state index is 13.3. The Morgan fingerprint density at radius 1 is 1.24 bits per heavy atom. The lowest BCUT2D eigenvalue weighted by atomic mass is 10.1. The van der Waals surface area contributed by atoms with E-state index in [2.05, 4.69) is 5.32 Å². The first-order chi connectivity index (χ1) is 11.8. The summed E-state index contributed by atoms with van der Waals surface area (Å²) in [6.07, 6.45) is -0.791. The fourth-order valence-electron chi connectivity index (χ4n) is 3.48. The zero-order chi connectivity index (χ0) is 18.2. The van der Waals surface area contributed by atoms with Crippen molar-refractivity contribution < 1.29 is 22.8 Å². The molecule has 0 spiro atoms. The van der Waals surface area contributed by atoms with E-state index in [-0.39, 0.29) is 35.6 Å². The van der Waals surface area contributed by atoms with Gasteiger partial charge in [-0.3, -0.25) is 9.59 Å². The van der Waals surface area contributed by atoms with Crippen LogP contribution in [0.3, 0.4) is 0 Å².